The number of aromatic nitrogens is 2. The molecule has 7 heteroatoms. The predicted molar refractivity (Wildman–Crippen MR) is 93.9 cm³/mol. The smallest absolute Gasteiger partial charge is 0.272 e. The van der Waals surface area contributed by atoms with Gasteiger partial charge in [0.05, 0.1) is 20.9 Å². The molecule has 1 N–H and O–H groups in total. The van der Waals surface area contributed by atoms with Crippen LogP contribution < -0.4 is 5.56 Å². The van der Waals surface area contributed by atoms with Gasteiger partial charge in [-0.2, -0.15) is 0 Å². The topological polar surface area (TPSA) is 88.9 Å². The summed E-state index contributed by atoms with van der Waals surface area (Å²) >= 11 is 6.24. The summed E-state index contributed by atoms with van der Waals surface area (Å²) in [5.74, 6) is 0.212. The lowest BCUT2D eigenvalue weighted by atomic mass is 10.1. The number of nitrogens with zero attached hydrogens (tertiary/aromatic N) is 2. The molecule has 2 aromatic carbocycles. The van der Waals surface area contributed by atoms with E-state index in [9.17, 15) is 14.9 Å². The maximum absolute atomic E-state index is 12.1. The third-order valence-corrected chi connectivity index (χ3v) is 3.85. The number of hydrogen-bond acceptors (Lipinski definition) is 4. The molecular weight excluding hydrogens is 330 g/mol. The number of nitrogens with one attached hydrogen (secondary N) is 1. The Kier molecular flexibility index (Phi) is 4.14. The molecule has 120 valence electrons. The van der Waals surface area contributed by atoms with Crippen molar-refractivity contribution in [3.05, 3.63) is 79.9 Å². The summed E-state index contributed by atoms with van der Waals surface area (Å²) < 4.78 is 0. The van der Waals surface area contributed by atoms with Gasteiger partial charge in [0.25, 0.3) is 11.2 Å². The Morgan fingerprint density at radius 2 is 2.04 bits per heavy atom. The second kappa shape index (κ2) is 6.25. The summed E-state index contributed by atoms with van der Waals surface area (Å²) in [5.41, 5.74) is 1.35. The highest BCUT2D eigenvalue weighted by atomic mass is 35.5. The van der Waals surface area contributed by atoms with Crippen LogP contribution in [0.5, 0.6) is 0 Å². The van der Waals surface area contributed by atoms with Crippen molar-refractivity contribution >= 4 is 39.3 Å². The molecule has 0 bridgehead atoms. The van der Waals surface area contributed by atoms with E-state index in [0.29, 0.717) is 22.0 Å². The van der Waals surface area contributed by atoms with Gasteiger partial charge < -0.3 is 4.98 Å². The molecule has 1 heterocycles. The summed E-state index contributed by atoms with van der Waals surface area (Å²) in [7, 11) is 0. The molecule has 0 unspecified atom stereocenters. The summed E-state index contributed by atoms with van der Waals surface area (Å²) in [4.78, 5) is 29.6. The van der Waals surface area contributed by atoms with Crippen LogP contribution in [0.4, 0.5) is 5.69 Å². The Morgan fingerprint density at radius 1 is 1.29 bits per heavy atom. The average Bonchev–Trinajstić information content (AvgIpc) is 2.56. The molecule has 0 aliphatic rings. The molecule has 0 saturated heterocycles. The lowest BCUT2D eigenvalue weighted by Crippen LogP contribution is -2.10. The predicted octanol–water partition coefficient (Wildman–Crippen LogP) is 3.88. The highest BCUT2D eigenvalue weighted by Crippen LogP contribution is 2.24. The van der Waals surface area contributed by atoms with Crippen molar-refractivity contribution in [3.8, 4) is 0 Å². The van der Waals surface area contributed by atoms with Crippen LogP contribution >= 0.6 is 11.6 Å². The Balaban J connectivity index is 2.07. The molecule has 0 spiro atoms. The van der Waals surface area contributed by atoms with E-state index >= 15 is 0 Å². The molecule has 0 aliphatic heterocycles. The highest BCUT2D eigenvalue weighted by Gasteiger charge is 2.11. The number of H-pyrrole nitrogens is 1. The van der Waals surface area contributed by atoms with Crippen LogP contribution in [-0.4, -0.2) is 14.9 Å². The molecule has 0 saturated carbocycles. The summed E-state index contributed by atoms with van der Waals surface area (Å²) in [6.45, 7) is 1.66. The van der Waals surface area contributed by atoms with Crippen LogP contribution in [0.3, 0.4) is 0 Å². The fourth-order valence-corrected chi connectivity index (χ4v) is 2.54. The van der Waals surface area contributed by atoms with Gasteiger partial charge in [0.15, 0.2) is 5.82 Å². The molecule has 24 heavy (non-hydrogen) atoms. The number of benzene rings is 2. The molecule has 1 aromatic heterocycles. The van der Waals surface area contributed by atoms with Gasteiger partial charge in [0.1, 0.15) is 0 Å². The molecular formula is C17H12ClN3O3. The molecule has 0 radical (unpaired) electrons. The Morgan fingerprint density at radius 3 is 2.79 bits per heavy atom. The lowest BCUT2D eigenvalue weighted by molar-refractivity contribution is -0.385. The van der Waals surface area contributed by atoms with Crippen LogP contribution in [0.2, 0.25) is 0 Å². The van der Waals surface area contributed by atoms with Crippen LogP contribution in [0.1, 0.15) is 17.0 Å². The molecule has 3 aromatic rings. The van der Waals surface area contributed by atoms with Crippen molar-refractivity contribution in [1.82, 2.24) is 9.97 Å². The van der Waals surface area contributed by atoms with E-state index in [-0.39, 0.29) is 22.1 Å². The quantitative estimate of drug-likeness (QED) is 0.578. The van der Waals surface area contributed by atoms with Crippen molar-refractivity contribution in [1.29, 1.82) is 0 Å². The van der Waals surface area contributed by atoms with Gasteiger partial charge in [0.2, 0.25) is 0 Å². The second-order valence-corrected chi connectivity index (χ2v) is 5.63. The second-order valence-electron chi connectivity index (χ2n) is 5.23. The fraction of sp³-hybridized carbons (Fsp3) is 0.0588. The Labute approximate surface area is 141 Å². The van der Waals surface area contributed by atoms with Gasteiger partial charge in [-0.25, -0.2) is 4.98 Å². The van der Waals surface area contributed by atoms with Crippen molar-refractivity contribution in [2.45, 2.75) is 6.92 Å². The summed E-state index contributed by atoms with van der Waals surface area (Å²) in [6, 6.07) is 11.7. The zero-order chi connectivity index (χ0) is 17.3. The van der Waals surface area contributed by atoms with E-state index in [1.807, 2.05) is 0 Å². The Bertz CT molecular complexity index is 1040. The first-order valence-electron chi connectivity index (χ1n) is 7.07. The van der Waals surface area contributed by atoms with Crippen molar-refractivity contribution in [3.63, 3.8) is 0 Å². The molecule has 0 amide bonds. The van der Waals surface area contributed by atoms with Gasteiger partial charge in [-0.15, -0.1) is 0 Å². The van der Waals surface area contributed by atoms with E-state index < -0.39 is 4.92 Å². The number of hydrogen-bond donors (Lipinski definition) is 1. The van der Waals surface area contributed by atoms with Crippen molar-refractivity contribution < 1.29 is 4.92 Å². The minimum Gasteiger partial charge on any atom is -0.305 e. The number of fused-ring (bicyclic) bond motifs is 1. The van der Waals surface area contributed by atoms with Gasteiger partial charge in [-0.1, -0.05) is 35.9 Å². The number of rotatable bonds is 3. The van der Waals surface area contributed by atoms with Gasteiger partial charge >= 0.3 is 0 Å². The number of nitro groups is 1. The van der Waals surface area contributed by atoms with E-state index in [1.54, 1.807) is 43.3 Å². The van der Waals surface area contributed by atoms with Crippen molar-refractivity contribution in [2.75, 3.05) is 0 Å². The largest absolute Gasteiger partial charge is 0.305 e. The van der Waals surface area contributed by atoms with Gasteiger partial charge in [-0.05, 0) is 30.7 Å². The summed E-state index contributed by atoms with van der Waals surface area (Å²) in [6.07, 6.45) is 1.53. The van der Waals surface area contributed by atoms with E-state index in [2.05, 4.69) is 9.97 Å². The number of aryl methyl sites for hydroxylation is 1. The zero-order valence-electron chi connectivity index (χ0n) is 12.6. The van der Waals surface area contributed by atoms with Crippen LogP contribution in [0.25, 0.3) is 22.0 Å². The van der Waals surface area contributed by atoms with Gasteiger partial charge in [-0.3, -0.25) is 14.9 Å². The third kappa shape index (κ3) is 3.04. The zero-order valence-corrected chi connectivity index (χ0v) is 13.4. The first-order chi connectivity index (χ1) is 11.5. The van der Waals surface area contributed by atoms with Crippen LogP contribution in [0, 0.1) is 17.0 Å². The summed E-state index contributed by atoms with van der Waals surface area (Å²) in [5, 5.41) is 11.7. The Hall–Kier alpha value is -2.99. The minimum absolute atomic E-state index is 0.00757. The maximum Gasteiger partial charge on any atom is 0.272 e. The molecule has 0 aliphatic carbocycles. The molecule has 6 nitrogen and oxygen atoms in total. The number of aromatic amines is 1. The van der Waals surface area contributed by atoms with Crippen LogP contribution in [-0.2, 0) is 0 Å². The lowest BCUT2D eigenvalue weighted by Gasteiger charge is -2.03. The highest BCUT2D eigenvalue weighted by molar-refractivity contribution is 6.50. The molecule has 0 atom stereocenters. The monoisotopic (exact) mass is 341 g/mol. The van der Waals surface area contributed by atoms with E-state index in [4.69, 9.17) is 11.6 Å². The maximum atomic E-state index is 12.1. The van der Waals surface area contributed by atoms with E-state index in [0.717, 1.165) is 0 Å². The van der Waals surface area contributed by atoms with Crippen LogP contribution in [0.15, 0.2) is 47.3 Å². The first kappa shape index (κ1) is 15.9. The van der Waals surface area contributed by atoms with E-state index in [1.165, 1.54) is 12.1 Å². The number of halogens is 1. The fourth-order valence-electron chi connectivity index (χ4n) is 2.33. The van der Waals surface area contributed by atoms with Gasteiger partial charge in [0, 0.05) is 11.6 Å². The standard InChI is InChI=1S/C17H12ClN3O3/c1-10-6-7-11(9-15(10)21(23)24)8-13(18)16-19-14-5-3-2-4-12(14)17(22)20-16/h2-9H,1H3,(H,19,20,22)/b13-8-. The molecule has 3 rings (SSSR count). The average molecular weight is 342 g/mol. The normalized spacial score (nSPS) is 11.7. The first-order valence-corrected chi connectivity index (χ1v) is 7.45. The number of para-hydroxylation sites is 1. The third-order valence-electron chi connectivity index (χ3n) is 3.56. The number of nitro benzene ring substituents is 1. The minimum atomic E-state index is -0.448. The van der Waals surface area contributed by atoms with Crippen molar-refractivity contribution in [2.24, 2.45) is 0 Å². The SMILES string of the molecule is Cc1ccc(/C=C(\Cl)c2nc3ccccc3c(=O)[nH]2)cc1[N+](=O)[O-]. The molecule has 0 fully saturated rings.